The lowest BCUT2D eigenvalue weighted by Crippen LogP contribution is -2.25. The highest BCUT2D eigenvalue weighted by atomic mass is 32.2. The van der Waals surface area contributed by atoms with E-state index in [0.29, 0.717) is 16.7 Å². The van der Waals surface area contributed by atoms with Crippen LogP contribution in [0.25, 0.3) is 0 Å². The van der Waals surface area contributed by atoms with Crippen LogP contribution in [-0.4, -0.2) is 19.2 Å². The van der Waals surface area contributed by atoms with Gasteiger partial charge in [0.1, 0.15) is 5.82 Å². The third kappa shape index (κ3) is 5.74. The van der Waals surface area contributed by atoms with Crippen LogP contribution in [0.15, 0.2) is 71.6 Å². The van der Waals surface area contributed by atoms with E-state index in [-0.39, 0.29) is 29.2 Å². The summed E-state index contributed by atoms with van der Waals surface area (Å²) in [6.45, 7) is 1.53. The lowest BCUT2D eigenvalue weighted by molar-refractivity contribution is -0.385. The Balaban J connectivity index is 1.66. The number of aryl methyl sites for hydroxylation is 1. The van der Waals surface area contributed by atoms with Crippen molar-refractivity contribution in [2.45, 2.75) is 24.9 Å². The molecular formula is C22H20FN3O5S. The van der Waals surface area contributed by atoms with Gasteiger partial charge in [-0.3, -0.25) is 14.9 Å². The summed E-state index contributed by atoms with van der Waals surface area (Å²) in [5, 5.41) is 13.6. The Labute approximate surface area is 184 Å². The van der Waals surface area contributed by atoms with Crippen LogP contribution in [0.5, 0.6) is 0 Å². The van der Waals surface area contributed by atoms with Gasteiger partial charge in [-0.1, -0.05) is 24.3 Å². The zero-order valence-electron chi connectivity index (χ0n) is 17.0. The summed E-state index contributed by atoms with van der Waals surface area (Å²) in [6, 6.07) is 15.7. The maximum absolute atomic E-state index is 13.3. The van der Waals surface area contributed by atoms with Gasteiger partial charge in [0.05, 0.1) is 9.82 Å². The number of rotatable bonds is 8. The first-order valence-corrected chi connectivity index (χ1v) is 11.0. The Bertz CT molecular complexity index is 1280. The van der Waals surface area contributed by atoms with Gasteiger partial charge < -0.3 is 5.32 Å². The van der Waals surface area contributed by atoms with E-state index in [4.69, 9.17) is 0 Å². The van der Waals surface area contributed by atoms with Gasteiger partial charge in [-0.25, -0.2) is 17.5 Å². The molecule has 10 heteroatoms. The number of benzene rings is 3. The molecule has 0 bridgehead atoms. The Morgan fingerprint density at radius 3 is 2.34 bits per heavy atom. The van der Waals surface area contributed by atoms with E-state index in [1.807, 2.05) is 0 Å². The fourth-order valence-electron chi connectivity index (χ4n) is 3.02. The molecule has 2 N–H and O–H groups in total. The molecule has 0 aliphatic carbocycles. The first-order valence-electron chi connectivity index (χ1n) is 9.52. The predicted molar refractivity (Wildman–Crippen MR) is 116 cm³/mol. The number of hydrogen-bond donors (Lipinski definition) is 2. The summed E-state index contributed by atoms with van der Waals surface area (Å²) < 4.78 is 40.9. The monoisotopic (exact) mass is 457 g/mol. The van der Waals surface area contributed by atoms with Crippen molar-refractivity contribution in [3.05, 3.63) is 105 Å². The predicted octanol–water partition coefficient (Wildman–Crippen LogP) is 3.45. The van der Waals surface area contributed by atoms with Crippen molar-refractivity contribution >= 4 is 21.6 Å². The van der Waals surface area contributed by atoms with E-state index in [0.717, 1.165) is 0 Å². The number of halogens is 1. The molecule has 0 radical (unpaired) electrons. The summed E-state index contributed by atoms with van der Waals surface area (Å²) in [4.78, 5) is 22.8. The van der Waals surface area contributed by atoms with Crippen molar-refractivity contribution < 1.29 is 22.5 Å². The van der Waals surface area contributed by atoms with Crippen molar-refractivity contribution in [3.8, 4) is 0 Å². The van der Waals surface area contributed by atoms with Gasteiger partial charge in [-0.15, -0.1) is 0 Å². The fraction of sp³-hybridized carbons (Fsp3) is 0.136. The normalized spacial score (nSPS) is 11.2. The Morgan fingerprint density at radius 1 is 1.00 bits per heavy atom. The molecule has 166 valence electrons. The van der Waals surface area contributed by atoms with Crippen molar-refractivity contribution in [1.82, 2.24) is 10.0 Å². The smallest absolute Gasteiger partial charge is 0.272 e. The van der Waals surface area contributed by atoms with Crippen molar-refractivity contribution in [3.63, 3.8) is 0 Å². The van der Waals surface area contributed by atoms with Gasteiger partial charge in [0.2, 0.25) is 10.0 Å². The maximum Gasteiger partial charge on any atom is 0.272 e. The third-order valence-electron chi connectivity index (χ3n) is 4.67. The zero-order chi connectivity index (χ0) is 23.3. The SMILES string of the molecule is Cc1cc(C(=O)NCc2cccc(S(=O)(=O)NCc3cccc(F)c3)c2)ccc1[N+](=O)[O-]. The van der Waals surface area contributed by atoms with Crippen LogP contribution in [0, 0.1) is 22.9 Å². The van der Waals surface area contributed by atoms with Crippen molar-refractivity contribution in [2.24, 2.45) is 0 Å². The summed E-state index contributed by atoms with van der Waals surface area (Å²) in [6.07, 6.45) is 0. The minimum atomic E-state index is -3.85. The number of carbonyl (C=O) groups excluding carboxylic acids is 1. The van der Waals surface area contributed by atoms with Crippen LogP contribution < -0.4 is 10.0 Å². The van der Waals surface area contributed by atoms with Crippen LogP contribution in [0.2, 0.25) is 0 Å². The standard InChI is InChI=1S/C22H20FN3O5S/c1-15-10-18(8-9-21(15)26(28)29)22(27)24-13-17-5-3-7-20(12-17)32(30,31)25-14-16-4-2-6-19(23)11-16/h2-12,25H,13-14H2,1H3,(H,24,27). The summed E-state index contributed by atoms with van der Waals surface area (Å²) in [5.41, 5.74) is 1.57. The molecule has 0 unspecified atom stereocenters. The molecule has 3 aromatic carbocycles. The number of hydrogen-bond acceptors (Lipinski definition) is 5. The largest absolute Gasteiger partial charge is 0.348 e. The number of carbonyl (C=O) groups is 1. The lowest BCUT2D eigenvalue weighted by atomic mass is 10.1. The molecule has 3 aromatic rings. The van der Waals surface area contributed by atoms with E-state index < -0.39 is 26.7 Å². The molecule has 3 rings (SSSR count). The molecule has 0 aliphatic rings. The van der Waals surface area contributed by atoms with Crippen LogP contribution in [0.1, 0.15) is 27.0 Å². The first kappa shape index (κ1) is 23.0. The Hall–Kier alpha value is -3.63. The molecule has 0 heterocycles. The minimum Gasteiger partial charge on any atom is -0.348 e. The van der Waals surface area contributed by atoms with Crippen molar-refractivity contribution in [2.75, 3.05) is 0 Å². The summed E-state index contributed by atoms with van der Waals surface area (Å²) >= 11 is 0. The molecule has 0 saturated carbocycles. The van der Waals surface area contributed by atoms with E-state index in [1.165, 1.54) is 48.5 Å². The van der Waals surface area contributed by atoms with Crippen LogP contribution in [0.4, 0.5) is 10.1 Å². The van der Waals surface area contributed by atoms with E-state index in [2.05, 4.69) is 10.0 Å². The van der Waals surface area contributed by atoms with E-state index in [9.17, 15) is 27.7 Å². The topological polar surface area (TPSA) is 118 Å². The molecule has 1 amide bonds. The molecule has 32 heavy (non-hydrogen) atoms. The highest BCUT2D eigenvalue weighted by Crippen LogP contribution is 2.19. The van der Waals surface area contributed by atoms with Gasteiger partial charge in [-0.05, 0) is 54.4 Å². The minimum absolute atomic E-state index is 0.00633. The van der Waals surface area contributed by atoms with Gasteiger partial charge >= 0.3 is 0 Å². The number of nitro benzene ring substituents is 1. The number of nitro groups is 1. The molecule has 8 nitrogen and oxygen atoms in total. The molecular weight excluding hydrogens is 437 g/mol. The lowest BCUT2D eigenvalue weighted by Gasteiger charge is -2.10. The average molecular weight is 457 g/mol. The zero-order valence-corrected chi connectivity index (χ0v) is 17.9. The van der Waals surface area contributed by atoms with Gasteiger partial charge in [0, 0.05) is 30.3 Å². The fourth-order valence-corrected chi connectivity index (χ4v) is 4.10. The highest BCUT2D eigenvalue weighted by Gasteiger charge is 2.16. The second-order valence-electron chi connectivity index (χ2n) is 7.04. The molecule has 0 atom stereocenters. The molecule has 0 aromatic heterocycles. The number of sulfonamides is 1. The number of amides is 1. The Morgan fingerprint density at radius 2 is 1.69 bits per heavy atom. The van der Waals surface area contributed by atoms with Gasteiger partial charge in [0.15, 0.2) is 0 Å². The molecule has 0 aliphatic heterocycles. The second-order valence-corrected chi connectivity index (χ2v) is 8.81. The van der Waals surface area contributed by atoms with E-state index >= 15 is 0 Å². The summed E-state index contributed by atoms with van der Waals surface area (Å²) in [7, 11) is -3.85. The Kier molecular flexibility index (Phi) is 6.96. The molecule has 0 spiro atoms. The average Bonchev–Trinajstić information content (AvgIpc) is 2.76. The maximum atomic E-state index is 13.3. The first-order chi connectivity index (χ1) is 15.2. The van der Waals surface area contributed by atoms with Crippen LogP contribution in [-0.2, 0) is 23.1 Å². The highest BCUT2D eigenvalue weighted by molar-refractivity contribution is 7.89. The molecule has 0 saturated heterocycles. The van der Waals surface area contributed by atoms with Crippen molar-refractivity contribution in [1.29, 1.82) is 0 Å². The van der Waals surface area contributed by atoms with Crippen LogP contribution in [0.3, 0.4) is 0 Å². The quantitative estimate of drug-likeness (QED) is 0.397. The number of nitrogens with one attached hydrogen (secondary N) is 2. The van der Waals surface area contributed by atoms with Gasteiger partial charge in [-0.2, -0.15) is 0 Å². The van der Waals surface area contributed by atoms with Crippen LogP contribution >= 0.6 is 0 Å². The summed E-state index contributed by atoms with van der Waals surface area (Å²) in [5.74, 6) is -0.900. The van der Waals surface area contributed by atoms with E-state index in [1.54, 1.807) is 25.1 Å². The number of nitrogens with zero attached hydrogens (tertiary/aromatic N) is 1. The molecule has 0 fully saturated rings. The third-order valence-corrected chi connectivity index (χ3v) is 6.07. The second kappa shape index (κ2) is 9.67. The van der Waals surface area contributed by atoms with Gasteiger partial charge in [0.25, 0.3) is 11.6 Å².